The number of carbonyl (C=O) groups is 1. The molecule has 0 bridgehead atoms. The first-order valence-corrected chi connectivity index (χ1v) is 8.53. The van der Waals surface area contributed by atoms with Gasteiger partial charge in [0.05, 0.1) is 0 Å². The van der Waals surface area contributed by atoms with Crippen molar-refractivity contribution in [2.24, 2.45) is 0 Å². The molecular formula is C20H22N2O. The molecule has 1 amide bonds. The number of fused-ring (bicyclic) bond motifs is 1. The molecule has 23 heavy (non-hydrogen) atoms. The van der Waals surface area contributed by atoms with Crippen LogP contribution in [0.1, 0.15) is 42.0 Å². The largest absolute Gasteiger partial charge is 0.370 e. The highest BCUT2D eigenvalue weighted by Crippen LogP contribution is 2.28. The van der Waals surface area contributed by atoms with Crippen LogP contribution < -0.4 is 10.6 Å². The Bertz CT molecular complexity index is 707. The Morgan fingerprint density at radius 2 is 1.78 bits per heavy atom. The van der Waals surface area contributed by atoms with E-state index in [0.717, 1.165) is 30.5 Å². The molecule has 4 rings (SSSR count). The summed E-state index contributed by atoms with van der Waals surface area (Å²) in [5.74, 6) is 0.0687. The molecule has 1 saturated carbocycles. The van der Waals surface area contributed by atoms with E-state index in [-0.39, 0.29) is 11.9 Å². The minimum absolute atomic E-state index is 0.0687. The van der Waals surface area contributed by atoms with Crippen LogP contribution in [0.5, 0.6) is 0 Å². The number of hydrogen-bond donors (Lipinski definition) is 2. The lowest BCUT2D eigenvalue weighted by Crippen LogP contribution is -2.34. The summed E-state index contributed by atoms with van der Waals surface area (Å²) in [6.45, 7) is 0. The highest BCUT2D eigenvalue weighted by atomic mass is 16.2. The van der Waals surface area contributed by atoms with Crippen LogP contribution in [0.15, 0.2) is 48.5 Å². The third-order valence-corrected chi connectivity index (χ3v) is 4.73. The maximum absolute atomic E-state index is 12.7. The standard InChI is InChI=1S/C20H22N2O/c23-20(22-17-11-12-17)19(15-5-2-1-3-6-15)21-18-10-9-14-7-4-8-16(14)13-18/h1-3,5-6,9-10,13,17,19,21H,4,7-8,11-12H2,(H,22,23). The zero-order chi connectivity index (χ0) is 15.6. The van der Waals surface area contributed by atoms with E-state index in [4.69, 9.17) is 0 Å². The summed E-state index contributed by atoms with van der Waals surface area (Å²) in [6, 6.07) is 16.5. The molecule has 2 aliphatic carbocycles. The van der Waals surface area contributed by atoms with E-state index in [0.29, 0.717) is 6.04 Å². The van der Waals surface area contributed by atoms with Crippen molar-refractivity contribution in [1.82, 2.24) is 5.32 Å². The monoisotopic (exact) mass is 306 g/mol. The fraction of sp³-hybridized carbons (Fsp3) is 0.350. The van der Waals surface area contributed by atoms with Gasteiger partial charge in [-0.1, -0.05) is 36.4 Å². The second kappa shape index (κ2) is 6.07. The molecular weight excluding hydrogens is 284 g/mol. The number of rotatable bonds is 5. The lowest BCUT2D eigenvalue weighted by atomic mass is 10.0. The van der Waals surface area contributed by atoms with Crippen LogP contribution >= 0.6 is 0 Å². The third kappa shape index (κ3) is 3.24. The van der Waals surface area contributed by atoms with E-state index < -0.39 is 0 Å². The van der Waals surface area contributed by atoms with Crippen molar-refractivity contribution >= 4 is 11.6 Å². The SMILES string of the molecule is O=C(NC1CC1)C(Nc1ccc2c(c1)CCC2)c1ccccc1. The first-order chi connectivity index (χ1) is 11.3. The van der Waals surface area contributed by atoms with E-state index >= 15 is 0 Å². The van der Waals surface area contributed by atoms with Gasteiger partial charge >= 0.3 is 0 Å². The molecule has 2 aromatic carbocycles. The number of carbonyl (C=O) groups excluding carboxylic acids is 1. The highest BCUT2D eigenvalue weighted by Gasteiger charge is 2.28. The molecule has 0 aliphatic heterocycles. The first-order valence-electron chi connectivity index (χ1n) is 8.53. The Balaban J connectivity index is 1.58. The fourth-order valence-electron chi connectivity index (χ4n) is 3.29. The normalized spacial score (nSPS) is 17.4. The van der Waals surface area contributed by atoms with Crippen molar-refractivity contribution in [3.63, 3.8) is 0 Å². The van der Waals surface area contributed by atoms with Crippen molar-refractivity contribution in [2.75, 3.05) is 5.32 Å². The summed E-state index contributed by atoms with van der Waals surface area (Å²) in [6.07, 6.45) is 5.77. The minimum Gasteiger partial charge on any atom is -0.370 e. The molecule has 0 spiro atoms. The zero-order valence-electron chi connectivity index (χ0n) is 13.2. The van der Waals surface area contributed by atoms with Gasteiger partial charge in [-0.3, -0.25) is 4.79 Å². The van der Waals surface area contributed by atoms with E-state index in [9.17, 15) is 4.79 Å². The van der Waals surface area contributed by atoms with Crippen molar-refractivity contribution in [1.29, 1.82) is 0 Å². The van der Waals surface area contributed by atoms with Gasteiger partial charge in [-0.25, -0.2) is 0 Å². The van der Waals surface area contributed by atoms with Crippen LogP contribution in [0.25, 0.3) is 0 Å². The maximum atomic E-state index is 12.7. The van der Waals surface area contributed by atoms with Gasteiger partial charge in [-0.15, -0.1) is 0 Å². The van der Waals surface area contributed by atoms with Crippen molar-refractivity contribution in [3.8, 4) is 0 Å². The minimum atomic E-state index is -0.337. The number of hydrogen-bond acceptors (Lipinski definition) is 2. The van der Waals surface area contributed by atoms with Crippen LogP contribution in [0, 0.1) is 0 Å². The summed E-state index contributed by atoms with van der Waals surface area (Å²) < 4.78 is 0. The average molecular weight is 306 g/mol. The van der Waals surface area contributed by atoms with Gasteiger partial charge in [0.15, 0.2) is 0 Å². The molecule has 2 N–H and O–H groups in total. The summed E-state index contributed by atoms with van der Waals surface area (Å²) in [4.78, 5) is 12.7. The van der Waals surface area contributed by atoms with Gasteiger partial charge in [0, 0.05) is 11.7 Å². The van der Waals surface area contributed by atoms with E-state index in [1.807, 2.05) is 30.3 Å². The molecule has 0 radical (unpaired) electrons. The molecule has 118 valence electrons. The average Bonchev–Trinajstić information content (AvgIpc) is 3.27. The Kier molecular flexibility index (Phi) is 3.78. The van der Waals surface area contributed by atoms with Crippen LogP contribution in [-0.4, -0.2) is 11.9 Å². The predicted molar refractivity (Wildman–Crippen MR) is 92.4 cm³/mol. The number of amides is 1. The van der Waals surface area contributed by atoms with Crippen LogP contribution in [0.3, 0.4) is 0 Å². The molecule has 3 heteroatoms. The Morgan fingerprint density at radius 3 is 2.57 bits per heavy atom. The van der Waals surface area contributed by atoms with Crippen molar-refractivity contribution in [3.05, 3.63) is 65.2 Å². The lowest BCUT2D eigenvalue weighted by molar-refractivity contribution is -0.122. The Morgan fingerprint density at radius 1 is 1.00 bits per heavy atom. The van der Waals surface area contributed by atoms with Crippen LogP contribution in [0.2, 0.25) is 0 Å². The van der Waals surface area contributed by atoms with Gasteiger partial charge in [-0.2, -0.15) is 0 Å². The molecule has 3 nitrogen and oxygen atoms in total. The molecule has 0 saturated heterocycles. The summed E-state index contributed by atoms with van der Waals surface area (Å²) in [5.41, 5.74) is 4.91. The molecule has 1 atom stereocenters. The number of benzene rings is 2. The third-order valence-electron chi connectivity index (χ3n) is 4.73. The van der Waals surface area contributed by atoms with Gasteiger partial charge < -0.3 is 10.6 Å². The van der Waals surface area contributed by atoms with Crippen LogP contribution in [-0.2, 0) is 17.6 Å². The summed E-state index contributed by atoms with van der Waals surface area (Å²) >= 11 is 0. The molecule has 1 fully saturated rings. The zero-order valence-corrected chi connectivity index (χ0v) is 13.2. The van der Waals surface area contributed by atoms with Crippen LogP contribution in [0.4, 0.5) is 5.69 Å². The quantitative estimate of drug-likeness (QED) is 0.886. The molecule has 0 heterocycles. The topological polar surface area (TPSA) is 41.1 Å². The highest BCUT2D eigenvalue weighted by molar-refractivity contribution is 5.86. The molecule has 0 aromatic heterocycles. The Hall–Kier alpha value is -2.29. The van der Waals surface area contributed by atoms with Gasteiger partial charge in [0.2, 0.25) is 5.91 Å². The van der Waals surface area contributed by atoms with Gasteiger partial charge in [0.1, 0.15) is 6.04 Å². The van der Waals surface area contributed by atoms with Gasteiger partial charge in [-0.05, 0) is 60.9 Å². The fourth-order valence-corrected chi connectivity index (χ4v) is 3.29. The van der Waals surface area contributed by atoms with E-state index in [1.165, 1.54) is 24.0 Å². The van der Waals surface area contributed by atoms with Gasteiger partial charge in [0.25, 0.3) is 0 Å². The molecule has 1 unspecified atom stereocenters. The second-order valence-electron chi connectivity index (χ2n) is 6.61. The smallest absolute Gasteiger partial charge is 0.247 e. The summed E-state index contributed by atoms with van der Waals surface area (Å²) in [7, 11) is 0. The first kappa shape index (κ1) is 14.3. The number of anilines is 1. The summed E-state index contributed by atoms with van der Waals surface area (Å²) in [5, 5.41) is 6.57. The van der Waals surface area contributed by atoms with E-state index in [1.54, 1.807) is 0 Å². The number of nitrogens with one attached hydrogen (secondary N) is 2. The lowest BCUT2D eigenvalue weighted by Gasteiger charge is -2.20. The number of aryl methyl sites for hydroxylation is 2. The molecule has 2 aliphatic rings. The molecule has 2 aromatic rings. The Labute approximate surface area is 137 Å². The van der Waals surface area contributed by atoms with Crippen molar-refractivity contribution in [2.45, 2.75) is 44.2 Å². The predicted octanol–water partition coefficient (Wildman–Crippen LogP) is 3.61. The van der Waals surface area contributed by atoms with E-state index in [2.05, 4.69) is 28.8 Å². The van der Waals surface area contributed by atoms with Crippen molar-refractivity contribution < 1.29 is 4.79 Å². The maximum Gasteiger partial charge on any atom is 0.247 e. The second-order valence-corrected chi connectivity index (χ2v) is 6.61.